The van der Waals surface area contributed by atoms with E-state index < -0.39 is 5.41 Å². The van der Waals surface area contributed by atoms with Crippen LogP contribution in [0.5, 0.6) is 0 Å². The quantitative estimate of drug-likeness (QED) is 0.637. The normalized spacial score (nSPS) is 18.7. The third-order valence-electron chi connectivity index (χ3n) is 2.15. The van der Waals surface area contributed by atoms with Crippen molar-refractivity contribution in [1.29, 1.82) is 0 Å². The van der Waals surface area contributed by atoms with Crippen molar-refractivity contribution in [3.63, 3.8) is 0 Å². The van der Waals surface area contributed by atoms with E-state index in [0.717, 1.165) is 0 Å². The summed E-state index contributed by atoms with van der Waals surface area (Å²) < 4.78 is 0. The van der Waals surface area contributed by atoms with Gasteiger partial charge in [0.2, 0.25) is 0 Å². The van der Waals surface area contributed by atoms with Crippen molar-refractivity contribution in [3.05, 3.63) is 4.91 Å². The Morgan fingerprint density at radius 2 is 1.73 bits per heavy atom. The molecule has 0 aromatic rings. The molecule has 0 amide bonds. The van der Waals surface area contributed by atoms with Gasteiger partial charge in [-0.1, -0.05) is 0 Å². The molecule has 1 fully saturated rings. The minimum absolute atomic E-state index is 0.255. The largest absolute Gasteiger partial charge is 0.367 e. The molecule has 1 saturated heterocycles. The molecule has 1 aliphatic rings. The fraction of sp³-hybridized carbons (Fsp3) is 0.889. The molecular formula is C9H17N3O3. The average molecular weight is 215 g/mol. The van der Waals surface area contributed by atoms with Gasteiger partial charge in [-0.05, 0) is 20.8 Å². The topological polar surface area (TPSA) is 62.2 Å². The maximum atomic E-state index is 11.5. The van der Waals surface area contributed by atoms with Gasteiger partial charge in [-0.2, -0.15) is 0 Å². The monoisotopic (exact) mass is 215 g/mol. The van der Waals surface area contributed by atoms with E-state index in [-0.39, 0.29) is 5.97 Å². The molecule has 86 valence electrons. The molecule has 0 bridgehead atoms. The van der Waals surface area contributed by atoms with Gasteiger partial charge >= 0.3 is 5.97 Å². The highest BCUT2D eigenvalue weighted by Gasteiger charge is 2.27. The van der Waals surface area contributed by atoms with Crippen molar-refractivity contribution < 1.29 is 9.63 Å². The van der Waals surface area contributed by atoms with Crippen LogP contribution in [0.3, 0.4) is 0 Å². The third kappa shape index (κ3) is 3.47. The highest BCUT2D eigenvalue weighted by Crippen LogP contribution is 2.16. The summed E-state index contributed by atoms with van der Waals surface area (Å²) in [5, 5.41) is 5.82. The van der Waals surface area contributed by atoms with Crippen LogP contribution < -0.4 is 0 Å². The van der Waals surface area contributed by atoms with Gasteiger partial charge < -0.3 is 4.84 Å². The highest BCUT2D eigenvalue weighted by atomic mass is 16.7. The van der Waals surface area contributed by atoms with Gasteiger partial charge in [-0.3, -0.25) is 5.01 Å². The molecule has 1 heterocycles. The summed E-state index contributed by atoms with van der Waals surface area (Å²) >= 11 is 0. The zero-order chi connectivity index (χ0) is 11.5. The predicted octanol–water partition coefficient (Wildman–Crippen LogP) is 0.790. The smallest absolute Gasteiger partial charge is 0.330 e. The third-order valence-corrected chi connectivity index (χ3v) is 2.15. The average Bonchev–Trinajstić information content (AvgIpc) is 2.17. The number of rotatable bonds is 2. The Labute approximate surface area is 89.1 Å². The molecule has 0 aliphatic carbocycles. The minimum Gasteiger partial charge on any atom is -0.367 e. The Kier molecular flexibility index (Phi) is 3.62. The number of nitroso groups, excluding NO2 is 1. The molecule has 0 spiro atoms. The van der Waals surface area contributed by atoms with Crippen molar-refractivity contribution in [3.8, 4) is 0 Å². The second-order valence-electron chi connectivity index (χ2n) is 4.59. The van der Waals surface area contributed by atoms with Crippen LogP contribution in [-0.2, 0) is 9.63 Å². The summed E-state index contributed by atoms with van der Waals surface area (Å²) in [4.78, 5) is 26.9. The first-order chi connectivity index (χ1) is 6.93. The van der Waals surface area contributed by atoms with E-state index in [0.29, 0.717) is 26.2 Å². The van der Waals surface area contributed by atoms with Crippen molar-refractivity contribution in [2.75, 3.05) is 26.2 Å². The van der Waals surface area contributed by atoms with Gasteiger partial charge in [0.25, 0.3) is 0 Å². The lowest BCUT2D eigenvalue weighted by atomic mass is 9.98. The van der Waals surface area contributed by atoms with Gasteiger partial charge in [0.05, 0.1) is 36.9 Å². The summed E-state index contributed by atoms with van der Waals surface area (Å²) in [5.74, 6) is -0.255. The number of carbonyl (C=O) groups excluding carboxylic acids is 1. The van der Waals surface area contributed by atoms with E-state index in [1.165, 1.54) is 5.01 Å². The first kappa shape index (κ1) is 11.9. The predicted molar refractivity (Wildman–Crippen MR) is 54.5 cm³/mol. The fourth-order valence-corrected chi connectivity index (χ4v) is 1.10. The van der Waals surface area contributed by atoms with Crippen molar-refractivity contribution in [2.24, 2.45) is 10.7 Å². The molecule has 6 heteroatoms. The molecule has 6 nitrogen and oxygen atoms in total. The van der Waals surface area contributed by atoms with Crippen LogP contribution in [-0.4, -0.2) is 42.2 Å². The summed E-state index contributed by atoms with van der Waals surface area (Å²) in [6, 6.07) is 0. The summed E-state index contributed by atoms with van der Waals surface area (Å²) in [7, 11) is 0. The first-order valence-electron chi connectivity index (χ1n) is 4.99. The molecule has 0 radical (unpaired) electrons. The standard InChI is InChI=1S/C9H17N3O3/c1-9(2,3)8(13)15-12-6-4-11(10-14)5-7-12/h4-7H2,1-3H3. The van der Waals surface area contributed by atoms with E-state index >= 15 is 0 Å². The lowest BCUT2D eigenvalue weighted by molar-refractivity contribution is -0.206. The molecule has 0 saturated carbocycles. The fourth-order valence-electron chi connectivity index (χ4n) is 1.10. The lowest BCUT2D eigenvalue weighted by Gasteiger charge is -2.31. The van der Waals surface area contributed by atoms with Gasteiger partial charge in [0.15, 0.2) is 0 Å². The summed E-state index contributed by atoms with van der Waals surface area (Å²) in [6.45, 7) is 7.46. The molecule has 15 heavy (non-hydrogen) atoms. The molecule has 0 atom stereocenters. The highest BCUT2D eigenvalue weighted by molar-refractivity contribution is 5.75. The number of nitrogens with zero attached hydrogens (tertiary/aromatic N) is 3. The van der Waals surface area contributed by atoms with Crippen LogP contribution in [0.1, 0.15) is 20.8 Å². The Morgan fingerprint density at radius 1 is 1.20 bits per heavy atom. The molecular weight excluding hydrogens is 198 g/mol. The zero-order valence-electron chi connectivity index (χ0n) is 9.39. The van der Waals surface area contributed by atoms with Crippen LogP contribution in [0.15, 0.2) is 5.29 Å². The van der Waals surface area contributed by atoms with E-state index in [1.54, 1.807) is 25.8 Å². The van der Waals surface area contributed by atoms with Gasteiger partial charge in [-0.25, -0.2) is 4.79 Å². The Morgan fingerprint density at radius 3 is 2.13 bits per heavy atom. The molecule has 0 aromatic heterocycles. The second-order valence-corrected chi connectivity index (χ2v) is 4.59. The van der Waals surface area contributed by atoms with E-state index in [4.69, 9.17) is 4.84 Å². The van der Waals surface area contributed by atoms with Gasteiger partial charge in [0, 0.05) is 0 Å². The Bertz CT molecular complexity index is 241. The molecule has 1 aliphatic heterocycles. The lowest BCUT2D eigenvalue weighted by Crippen LogP contribution is -2.46. The van der Waals surface area contributed by atoms with Crippen LogP contribution in [0, 0.1) is 10.3 Å². The summed E-state index contributed by atoms with van der Waals surface area (Å²) in [6.07, 6.45) is 0. The van der Waals surface area contributed by atoms with E-state index in [9.17, 15) is 9.70 Å². The molecule has 1 rings (SSSR count). The van der Waals surface area contributed by atoms with Crippen molar-refractivity contribution >= 4 is 5.97 Å². The van der Waals surface area contributed by atoms with Crippen LogP contribution >= 0.6 is 0 Å². The Balaban J connectivity index is 2.36. The van der Waals surface area contributed by atoms with Crippen LogP contribution in [0.2, 0.25) is 0 Å². The van der Waals surface area contributed by atoms with E-state index in [1.807, 2.05) is 0 Å². The number of piperazine rings is 1. The van der Waals surface area contributed by atoms with Gasteiger partial charge in [-0.15, -0.1) is 9.97 Å². The van der Waals surface area contributed by atoms with E-state index in [2.05, 4.69) is 5.29 Å². The minimum atomic E-state index is -0.500. The Hall–Kier alpha value is -1.17. The maximum Gasteiger partial charge on any atom is 0.330 e. The molecule has 0 N–H and O–H groups in total. The van der Waals surface area contributed by atoms with Crippen LogP contribution in [0.25, 0.3) is 0 Å². The molecule has 0 unspecified atom stereocenters. The second kappa shape index (κ2) is 4.57. The van der Waals surface area contributed by atoms with Crippen molar-refractivity contribution in [1.82, 2.24) is 10.1 Å². The molecule has 0 aromatic carbocycles. The number of hydroxylamine groups is 2. The number of hydrogen-bond acceptors (Lipinski definition) is 5. The number of hydrogen-bond donors (Lipinski definition) is 0. The summed E-state index contributed by atoms with van der Waals surface area (Å²) in [5.41, 5.74) is -0.500. The van der Waals surface area contributed by atoms with Crippen molar-refractivity contribution in [2.45, 2.75) is 20.8 Å². The SMILES string of the molecule is CC(C)(C)C(=O)ON1CCN(N=O)CC1. The zero-order valence-corrected chi connectivity index (χ0v) is 9.39. The van der Waals surface area contributed by atoms with Crippen LogP contribution in [0.4, 0.5) is 0 Å². The maximum absolute atomic E-state index is 11.5. The van der Waals surface area contributed by atoms with Gasteiger partial charge in [0.1, 0.15) is 0 Å². The number of carbonyl (C=O) groups is 1. The first-order valence-corrected chi connectivity index (χ1v) is 4.99.